The number of hydrogen-bond donors (Lipinski definition) is 4. The number of likely N-dealkylation sites (N-methyl/N-ethyl adjacent to an activating group) is 1. The van der Waals surface area contributed by atoms with Crippen LogP contribution in [0.4, 0.5) is 10.1 Å². The molecule has 2 amide bonds. The Hall–Kier alpha value is -2.64. The highest BCUT2D eigenvalue weighted by Gasteiger charge is 2.26. The van der Waals surface area contributed by atoms with Crippen LogP contribution >= 0.6 is 12.4 Å². The molecule has 28 heavy (non-hydrogen) atoms. The zero-order valence-corrected chi connectivity index (χ0v) is 16.8. The molecule has 0 radical (unpaired) electrons. The first-order valence-corrected chi connectivity index (χ1v) is 8.93. The fourth-order valence-electron chi connectivity index (χ4n) is 3.24. The molecule has 4 N–H and O–H groups in total. The summed E-state index contributed by atoms with van der Waals surface area (Å²) in [6.45, 7) is 7.72. The standard InChI is InChI=1S/C20H23FN4O2.ClH/c1-4-22-7-8-23-20(27)18-11(2)17(24-12(18)3)10-15-14-9-13(21)5-6-16(14)25-19(15)26;/h5-6,9-10,22,24H,4,7-8H2,1-3H3,(H,23,27)(H,25,26);1H. The maximum Gasteiger partial charge on any atom is 0.256 e. The molecule has 1 aromatic heterocycles. The lowest BCUT2D eigenvalue weighted by atomic mass is 10.0. The van der Waals surface area contributed by atoms with Crippen molar-refractivity contribution in [2.24, 2.45) is 0 Å². The van der Waals surface area contributed by atoms with Gasteiger partial charge in [0.25, 0.3) is 11.8 Å². The fourth-order valence-corrected chi connectivity index (χ4v) is 3.24. The fraction of sp³-hybridized carbons (Fsp3) is 0.300. The van der Waals surface area contributed by atoms with Crippen LogP contribution < -0.4 is 16.0 Å². The Morgan fingerprint density at radius 2 is 2.00 bits per heavy atom. The van der Waals surface area contributed by atoms with Gasteiger partial charge in [-0.15, -0.1) is 12.4 Å². The minimum atomic E-state index is -0.406. The van der Waals surface area contributed by atoms with Gasteiger partial charge in [-0.05, 0) is 50.2 Å². The molecule has 0 atom stereocenters. The first-order chi connectivity index (χ1) is 12.9. The molecule has 0 bridgehead atoms. The lowest BCUT2D eigenvalue weighted by Gasteiger charge is -2.06. The molecule has 3 rings (SSSR count). The van der Waals surface area contributed by atoms with Gasteiger partial charge in [-0.1, -0.05) is 6.92 Å². The van der Waals surface area contributed by atoms with E-state index in [-0.39, 0.29) is 24.2 Å². The third kappa shape index (κ3) is 4.26. The summed E-state index contributed by atoms with van der Waals surface area (Å²) in [6.07, 6.45) is 1.67. The summed E-state index contributed by atoms with van der Waals surface area (Å²) in [4.78, 5) is 27.9. The predicted molar refractivity (Wildman–Crippen MR) is 111 cm³/mol. The van der Waals surface area contributed by atoms with E-state index in [2.05, 4.69) is 20.9 Å². The summed E-state index contributed by atoms with van der Waals surface area (Å²) in [5, 5.41) is 8.76. The average Bonchev–Trinajstić information content (AvgIpc) is 3.08. The molecule has 0 fully saturated rings. The zero-order valence-electron chi connectivity index (χ0n) is 16.0. The molecule has 0 saturated heterocycles. The number of nitrogens with one attached hydrogen (secondary N) is 4. The van der Waals surface area contributed by atoms with E-state index in [1.54, 1.807) is 12.1 Å². The molecule has 1 aromatic carbocycles. The Morgan fingerprint density at radius 3 is 2.71 bits per heavy atom. The van der Waals surface area contributed by atoms with Gasteiger partial charge in [0.15, 0.2) is 0 Å². The molecule has 0 unspecified atom stereocenters. The Bertz CT molecular complexity index is 937. The van der Waals surface area contributed by atoms with Gasteiger partial charge in [0.1, 0.15) is 5.82 Å². The summed E-state index contributed by atoms with van der Waals surface area (Å²) in [5.74, 6) is -0.860. The molecular weight excluding hydrogens is 383 g/mol. The van der Waals surface area contributed by atoms with Crippen LogP contribution in [0.25, 0.3) is 11.6 Å². The minimum absolute atomic E-state index is 0. The third-order valence-electron chi connectivity index (χ3n) is 4.59. The minimum Gasteiger partial charge on any atom is -0.358 e. The number of anilines is 1. The second kappa shape index (κ2) is 9.03. The summed E-state index contributed by atoms with van der Waals surface area (Å²) >= 11 is 0. The van der Waals surface area contributed by atoms with Gasteiger partial charge >= 0.3 is 0 Å². The van der Waals surface area contributed by atoms with Crippen molar-refractivity contribution in [1.29, 1.82) is 0 Å². The van der Waals surface area contributed by atoms with Crippen LogP contribution in [0.3, 0.4) is 0 Å². The predicted octanol–water partition coefficient (Wildman–Crippen LogP) is 3.02. The van der Waals surface area contributed by atoms with Gasteiger partial charge in [0.05, 0.1) is 11.1 Å². The summed E-state index contributed by atoms with van der Waals surface area (Å²) in [5.41, 5.74) is 4.16. The second-order valence-electron chi connectivity index (χ2n) is 6.48. The molecular formula is C20H24ClFN4O2. The average molecular weight is 407 g/mol. The normalized spacial score (nSPS) is 13.9. The molecule has 2 aromatic rings. The molecule has 0 saturated carbocycles. The summed E-state index contributed by atoms with van der Waals surface area (Å²) < 4.78 is 13.6. The molecule has 150 valence electrons. The largest absolute Gasteiger partial charge is 0.358 e. The molecule has 2 heterocycles. The van der Waals surface area contributed by atoms with E-state index in [4.69, 9.17) is 0 Å². The Balaban J connectivity index is 0.00000280. The van der Waals surface area contributed by atoms with Gasteiger partial charge in [-0.2, -0.15) is 0 Å². The highest BCUT2D eigenvalue weighted by Crippen LogP contribution is 2.34. The molecule has 1 aliphatic heterocycles. The van der Waals surface area contributed by atoms with E-state index < -0.39 is 5.82 Å². The molecule has 0 spiro atoms. The van der Waals surface area contributed by atoms with Crippen molar-refractivity contribution in [1.82, 2.24) is 15.6 Å². The summed E-state index contributed by atoms with van der Waals surface area (Å²) in [7, 11) is 0. The van der Waals surface area contributed by atoms with Gasteiger partial charge in [0.2, 0.25) is 0 Å². The number of amides is 2. The van der Waals surface area contributed by atoms with E-state index in [0.29, 0.717) is 41.2 Å². The van der Waals surface area contributed by atoms with E-state index >= 15 is 0 Å². The van der Waals surface area contributed by atoms with Crippen LogP contribution in [-0.4, -0.2) is 36.4 Å². The second-order valence-corrected chi connectivity index (χ2v) is 6.48. The van der Waals surface area contributed by atoms with Crippen molar-refractivity contribution in [2.75, 3.05) is 25.0 Å². The van der Waals surface area contributed by atoms with Gasteiger partial charge in [-0.3, -0.25) is 9.59 Å². The Kier molecular flexibility index (Phi) is 6.99. The van der Waals surface area contributed by atoms with E-state index in [1.165, 1.54) is 12.1 Å². The first kappa shape index (κ1) is 21.7. The smallest absolute Gasteiger partial charge is 0.256 e. The number of carbonyl (C=O) groups excluding carboxylic acids is 2. The van der Waals surface area contributed by atoms with Crippen LogP contribution in [0.15, 0.2) is 18.2 Å². The number of H-pyrrole nitrogens is 1. The van der Waals surface area contributed by atoms with Crippen molar-refractivity contribution >= 4 is 41.6 Å². The van der Waals surface area contributed by atoms with Gasteiger partial charge in [0, 0.05) is 35.7 Å². The lowest BCUT2D eigenvalue weighted by Crippen LogP contribution is -2.32. The number of benzene rings is 1. The van der Waals surface area contributed by atoms with Crippen LogP contribution in [0.1, 0.15) is 39.8 Å². The number of hydrogen-bond acceptors (Lipinski definition) is 3. The number of aromatic nitrogens is 1. The monoisotopic (exact) mass is 406 g/mol. The van der Waals surface area contributed by atoms with Crippen molar-refractivity contribution in [3.63, 3.8) is 0 Å². The van der Waals surface area contributed by atoms with Crippen molar-refractivity contribution in [3.8, 4) is 0 Å². The lowest BCUT2D eigenvalue weighted by molar-refractivity contribution is -0.110. The first-order valence-electron chi connectivity index (χ1n) is 8.93. The number of aryl methyl sites for hydroxylation is 1. The maximum atomic E-state index is 13.6. The molecule has 1 aliphatic rings. The number of aromatic amines is 1. The van der Waals surface area contributed by atoms with Crippen LogP contribution in [0.5, 0.6) is 0 Å². The van der Waals surface area contributed by atoms with Crippen LogP contribution in [0.2, 0.25) is 0 Å². The highest BCUT2D eigenvalue weighted by atomic mass is 35.5. The van der Waals surface area contributed by atoms with Crippen molar-refractivity contribution in [3.05, 3.63) is 52.1 Å². The van der Waals surface area contributed by atoms with Crippen molar-refractivity contribution < 1.29 is 14.0 Å². The zero-order chi connectivity index (χ0) is 19.6. The van der Waals surface area contributed by atoms with Crippen LogP contribution in [-0.2, 0) is 4.79 Å². The number of rotatable bonds is 6. The maximum absolute atomic E-state index is 13.6. The van der Waals surface area contributed by atoms with E-state index in [9.17, 15) is 14.0 Å². The quantitative estimate of drug-likeness (QED) is 0.439. The number of fused-ring (bicyclic) bond motifs is 1. The Labute approximate surface area is 169 Å². The SMILES string of the molecule is CCNCCNC(=O)c1c(C)[nH]c(C=C2C(=O)Nc3ccc(F)cc32)c1C.Cl. The Morgan fingerprint density at radius 1 is 1.25 bits per heavy atom. The highest BCUT2D eigenvalue weighted by molar-refractivity contribution is 6.34. The van der Waals surface area contributed by atoms with Crippen molar-refractivity contribution in [2.45, 2.75) is 20.8 Å². The number of carbonyl (C=O) groups is 2. The van der Waals surface area contributed by atoms with E-state index in [1.807, 2.05) is 20.8 Å². The molecule has 0 aliphatic carbocycles. The molecule has 6 nitrogen and oxygen atoms in total. The molecule has 8 heteroatoms. The topological polar surface area (TPSA) is 86.0 Å². The van der Waals surface area contributed by atoms with Gasteiger partial charge in [-0.25, -0.2) is 4.39 Å². The number of halogens is 2. The van der Waals surface area contributed by atoms with Crippen LogP contribution in [0, 0.1) is 19.7 Å². The van der Waals surface area contributed by atoms with Gasteiger partial charge < -0.3 is 20.9 Å². The summed E-state index contributed by atoms with van der Waals surface area (Å²) in [6, 6.07) is 4.18. The van der Waals surface area contributed by atoms with E-state index in [0.717, 1.165) is 17.8 Å². The third-order valence-corrected chi connectivity index (χ3v) is 4.59.